The molecule has 0 aromatic carbocycles. The van der Waals surface area contributed by atoms with E-state index in [1.165, 1.54) is 4.90 Å². The van der Waals surface area contributed by atoms with Crippen LogP contribution >= 0.6 is 0 Å². The second-order valence-electron chi connectivity index (χ2n) is 4.75. The van der Waals surface area contributed by atoms with E-state index in [-0.39, 0.29) is 12.2 Å². The Labute approximate surface area is 92.2 Å². The molecule has 1 N–H and O–H groups in total. The van der Waals surface area contributed by atoms with Crippen molar-refractivity contribution >= 4 is 6.09 Å². The highest BCUT2D eigenvalue weighted by Gasteiger charge is 2.19. The van der Waals surface area contributed by atoms with Gasteiger partial charge in [0.15, 0.2) is 0 Å². The van der Waals surface area contributed by atoms with Gasteiger partial charge in [0.25, 0.3) is 0 Å². The molecule has 0 aliphatic heterocycles. The van der Waals surface area contributed by atoms with Gasteiger partial charge < -0.3 is 14.7 Å². The van der Waals surface area contributed by atoms with E-state index in [1.54, 1.807) is 7.05 Å². The number of hydrogen-bond donors (Lipinski definition) is 1. The Morgan fingerprint density at radius 2 is 2.00 bits per heavy atom. The summed E-state index contributed by atoms with van der Waals surface area (Å²) in [5, 5.41) is 9.34. The van der Waals surface area contributed by atoms with Crippen LogP contribution in [0.15, 0.2) is 0 Å². The van der Waals surface area contributed by atoms with Gasteiger partial charge in [0.2, 0.25) is 0 Å². The van der Waals surface area contributed by atoms with E-state index >= 15 is 0 Å². The lowest BCUT2D eigenvalue weighted by atomic mass is 10.2. The normalized spacial score (nSPS) is 13.5. The van der Waals surface area contributed by atoms with Crippen molar-refractivity contribution in [1.82, 2.24) is 4.90 Å². The summed E-state index contributed by atoms with van der Waals surface area (Å²) in [6.45, 7) is 7.93. The predicted molar refractivity (Wildman–Crippen MR) is 59.8 cm³/mol. The highest BCUT2D eigenvalue weighted by atomic mass is 16.6. The monoisotopic (exact) mass is 217 g/mol. The van der Waals surface area contributed by atoms with Crippen molar-refractivity contribution in [2.75, 3.05) is 13.6 Å². The Morgan fingerprint density at radius 1 is 1.47 bits per heavy atom. The van der Waals surface area contributed by atoms with Gasteiger partial charge in [0.1, 0.15) is 5.60 Å². The Hall–Kier alpha value is -0.770. The molecule has 0 aromatic rings. The van der Waals surface area contributed by atoms with Crippen LogP contribution in [0.3, 0.4) is 0 Å². The van der Waals surface area contributed by atoms with Crippen molar-refractivity contribution < 1.29 is 14.6 Å². The van der Waals surface area contributed by atoms with Gasteiger partial charge in [-0.25, -0.2) is 4.79 Å². The van der Waals surface area contributed by atoms with Crippen LogP contribution in [0.5, 0.6) is 0 Å². The molecular formula is C11H23NO3. The number of rotatable bonds is 4. The molecule has 0 aliphatic carbocycles. The van der Waals surface area contributed by atoms with E-state index < -0.39 is 5.60 Å². The van der Waals surface area contributed by atoms with E-state index in [1.807, 2.05) is 27.7 Å². The van der Waals surface area contributed by atoms with Crippen LogP contribution in [0.4, 0.5) is 4.79 Å². The molecule has 1 atom stereocenters. The molecule has 0 spiro atoms. The van der Waals surface area contributed by atoms with Crippen molar-refractivity contribution in [3.63, 3.8) is 0 Å². The molecule has 0 saturated carbocycles. The number of aliphatic hydroxyl groups is 1. The molecule has 0 aromatic heterocycles. The summed E-state index contributed by atoms with van der Waals surface area (Å²) in [5.41, 5.74) is -0.464. The average Bonchev–Trinajstić information content (AvgIpc) is 2.10. The first-order valence-corrected chi connectivity index (χ1v) is 5.38. The Kier molecular flexibility index (Phi) is 5.65. The SMILES string of the molecule is CC[C@H](O)CCN(C)C(=O)OC(C)(C)C. The van der Waals surface area contributed by atoms with Crippen molar-refractivity contribution in [2.45, 2.75) is 52.2 Å². The molecule has 0 radical (unpaired) electrons. The van der Waals surface area contributed by atoms with E-state index in [0.717, 1.165) is 0 Å². The lowest BCUT2D eigenvalue weighted by molar-refractivity contribution is 0.0273. The Balaban J connectivity index is 3.90. The molecule has 0 aliphatic rings. The summed E-state index contributed by atoms with van der Waals surface area (Å²) in [6, 6.07) is 0. The minimum Gasteiger partial charge on any atom is -0.444 e. The second kappa shape index (κ2) is 5.95. The van der Waals surface area contributed by atoms with Crippen LogP contribution in [0.2, 0.25) is 0 Å². The summed E-state index contributed by atoms with van der Waals surface area (Å²) in [5.74, 6) is 0. The lowest BCUT2D eigenvalue weighted by Gasteiger charge is -2.25. The van der Waals surface area contributed by atoms with Crippen LogP contribution < -0.4 is 0 Å². The van der Waals surface area contributed by atoms with Gasteiger partial charge in [-0.2, -0.15) is 0 Å². The predicted octanol–water partition coefficient (Wildman–Crippen LogP) is 2.01. The summed E-state index contributed by atoms with van der Waals surface area (Å²) in [4.78, 5) is 13.0. The molecule has 1 amide bonds. The fourth-order valence-electron chi connectivity index (χ4n) is 0.978. The number of ether oxygens (including phenoxy) is 1. The number of carbonyl (C=O) groups excluding carboxylic acids is 1. The minimum atomic E-state index is -0.464. The first-order chi connectivity index (χ1) is 6.76. The van der Waals surface area contributed by atoms with Crippen LogP contribution in [0, 0.1) is 0 Å². The van der Waals surface area contributed by atoms with Gasteiger partial charge in [0.05, 0.1) is 6.10 Å². The fourth-order valence-corrected chi connectivity index (χ4v) is 0.978. The number of amides is 1. The average molecular weight is 217 g/mol. The summed E-state index contributed by atoms with van der Waals surface area (Å²) in [6.07, 6.45) is 0.620. The molecular weight excluding hydrogens is 194 g/mol. The Bertz CT molecular complexity index is 198. The largest absolute Gasteiger partial charge is 0.444 e. The molecule has 90 valence electrons. The van der Waals surface area contributed by atoms with Gasteiger partial charge in [-0.1, -0.05) is 6.92 Å². The number of nitrogens with zero attached hydrogens (tertiary/aromatic N) is 1. The summed E-state index contributed by atoms with van der Waals surface area (Å²) < 4.78 is 5.17. The maximum Gasteiger partial charge on any atom is 0.410 e. The maximum atomic E-state index is 11.5. The quantitative estimate of drug-likeness (QED) is 0.783. The van der Waals surface area contributed by atoms with Crippen molar-refractivity contribution in [1.29, 1.82) is 0 Å². The zero-order valence-corrected chi connectivity index (χ0v) is 10.4. The molecule has 0 heterocycles. The first-order valence-electron chi connectivity index (χ1n) is 5.38. The third-order valence-corrected chi connectivity index (χ3v) is 1.97. The van der Waals surface area contributed by atoms with Crippen molar-refractivity contribution in [3.8, 4) is 0 Å². The summed E-state index contributed by atoms with van der Waals surface area (Å²) >= 11 is 0. The smallest absolute Gasteiger partial charge is 0.410 e. The van der Waals surface area contributed by atoms with Crippen molar-refractivity contribution in [3.05, 3.63) is 0 Å². The third-order valence-electron chi connectivity index (χ3n) is 1.97. The number of aliphatic hydroxyl groups excluding tert-OH is 1. The molecule has 15 heavy (non-hydrogen) atoms. The van der Waals surface area contributed by atoms with Crippen molar-refractivity contribution in [2.24, 2.45) is 0 Å². The number of hydrogen-bond acceptors (Lipinski definition) is 3. The van der Waals surface area contributed by atoms with Crippen LogP contribution in [0.1, 0.15) is 40.5 Å². The molecule has 4 heteroatoms. The van der Waals surface area contributed by atoms with Gasteiger partial charge in [0, 0.05) is 13.6 Å². The molecule has 0 saturated heterocycles. The van der Waals surface area contributed by atoms with E-state index in [0.29, 0.717) is 19.4 Å². The van der Waals surface area contributed by atoms with Crippen LogP contribution in [0.25, 0.3) is 0 Å². The molecule has 0 bridgehead atoms. The van der Waals surface area contributed by atoms with Gasteiger partial charge >= 0.3 is 6.09 Å². The highest BCUT2D eigenvalue weighted by molar-refractivity contribution is 5.67. The molecule has 4 nitrogen and oxygen atoms in total. The van der Waals surface area contributed by atoms with E-state index in [2.05, 4.69) is 0 Å². The first kappa shape index (κ1) is 14.2. The zero-order valence-electron chi connectivity index (χ0n) is 10.4. The second-order valence-corrected chi connectivity index (χ2v) is 4.75. The van der Waals surface area contributed by atoms with Crippen LogP contribution in [-0.4, -0.2) is 41.4 Å². The van der Waals surface area contributed by atoms with Crippen LogP contribution in [-0.2, 0) is 4.74 Å². The standard InChI is InChI=1S/C11H23NO3/c1-6-9(13)7-8-12(5)10(14)15-11(2,3)4/h9,13H,6-8H2,1-5H3/t9-/m0/s1. The Morgan fingerprint density at radius 3 is 2.40 bits per heavy atom. The maximum absolute atomic E-state index is 11.5. The molecule has 0 fully saturated rings. The fraction of sp³-hybridized carbons (Fsp3) is 0.909. The molecule has 0 unspecified atom stereocenters. The topological polar surface area (TPSA) is 49.8 Å². The third kappa shape index (κ3) is 7.19. The van der Waals surface area contributed by atoms with E-state index in [4.69, 9.17) is 4.74 Å². The zero-order chi connectivity index (χ0) is 12.1. The lowest BCUT2D eigenvalue weighted by Crippen LogP contribution is -2.35. The van der Waals surface area contributed by atoms with Gasteiger partial charge in [-0.05, 0) is 33.6 Å². The minimum absolute atomic E-state index is 0.338. The van der Waals surface area contributed by atoms with Gasteiger partial charge in [-0.15, -0.1) is 0 Å². The van der Waals surface area contributed by atoms with Gasteiger partial charge in [-0.3, -0.25) is 0 Å². The summed E-state index contributed by atoms with van der Waals surface area (Å²) in [7, 11) is 1.68. The van der Waals surface area contributed by atoms with E-state index in [9.17, 15) is 9.90 Å². The highest BCUT2D eigenvalue weighted by Crippen LogP contribution is 2.09. The number of carbonyl (C=O) groups is 1. The molecule has 0 rings (SSSR count).